The summed E-state index contributed by atoms with van der Waals surface area (Å²) in [6.07, 6.45) is 52.2. The van der Waals surface area contributed by atoms with Crippen LogP contribution in [0, 0.1) is 0 Å². The van der Waals surface area contributed by atoms with Gasteiger partial charge in [-0.2, -0.15) is 0 Å². The molecular weight excluding hydrogens is 733 g/mol. The molecule has 0 spiro atoms. The third-order valence-corrected chi connectivity index (χ3v) is 12.1. The largest absolute Gasteiger partial charge is 0.462 e. The fourth-order valence-electron chi connectivity index (χ4n) is 8.09. The summed E-state index contributed by atoms with van der Waals surface area (Å²) in [7, 11) is 0. The van der Waals surface area contributed by atoms with E-state index in [2.05, 4.69) is 20.8 Å². The molecule has 0 saturated heterocycles. The molecule has 0 aliphatic carbocycles. The van der Waals surface area contributed by atoms with E-state index in [1.165, 1.54) is 205 Å². The van der Waals surface area contributed by atoms with Crippen molar-refractivity contribution < 1.29 is 28.6 Å². The van der Waals surface area contributed by atoms with Gasteiger partial charge in [-0.3, -0.25) is 14.4 Å². The lowest BCUT2D eigenvalue weighted by Crippen LogP contribution is -2.30. The molecule has 1 atom stereocenters. The highest BCUT2D eigenvalue weighted by atomic mass is 16.6. The second-order valence-electron chi connectivity index (χ2n) is 18.2. The molecule has 0 amide bonds. The van der Waals surface area contributed by atoms with Crippen molar-refractivity contribution in [1.82, 2.24) is 0 Å². The van der Waals surface area contributed by atoms with E-state index < -0.39 is 6.10 Å². The van der Waals surface area contributed by atoms with E-state index in [0.717, 1.165) is 57.8 Å². The number of carbonyl (C=O) groups is 3. The second kappa shape index (κ2) is 49.1. The van der Waals surface area contributed by atoms with Crippen molar-refractivity contribution in [2.45, 2.75) is 309 Å². The van der Waals surface area contributed by atoms with Crippen LogP contribution < -0.4 is 0 Å². The fraction of sp³-hybridized carbons (Fsp3) is 0.943. The van der Waals surface area contributed by atoms with Crippen molar-refractivity contribution in [2.24, 2.45) is 0 Å². The SMILES string of the molecule is CCCCCCCCCCCCCCCCCC(=O)OC[C@@H](COC(=O)CCCCCCCCCCCCCC)OC(=O)CCCCCCCCCCCCCCCC. The van der Waals surface area contributed by atoms with Crippen molar-refractivity contribution in [3.8, 4) is 0 Å². The molecule has 0 aliphatic heterocycles. The highest BCUT2D eigenvalue weighted by molar-refractivity contribution is 5.71. The summed E-state index contributed by atoms with van der Waals surface area (Å²) < 4.78 is 16.8. The van der Waals surface area contributed by atoms with Crippen molar-refractivity contribution in [3.63, 3.8) is 0 Å². The third-order valence-electron chi connectivity index (χ3n) is 12.1. The Balaban J connectivity index is 4.30. The molecule has 0 aromatic carbocycles. The monoisotopic (exact) mass is 835 g/mol. The maximum Gasteiger partial charge on any atom is 0.306 e. The predicted molar refractivity (Wildman–Crippen MR) is 252 cm³/mol. The minimum absolute atomic E-state index is 0.0616. The van der Waals surface area contributed by atoms with Gasteiger partial charge in [-0.1, -0.05) is 265 Å². The number of hydrogen-bond donors (Lipinski definition) is 0. The van der Waals surface area contributed by atoms with Crippen molar-refractivity contribution >= 4 is 17.9 Å². The molecule has 0 aromatic heterocycles. The third kappa shape index (κ3) is 47.3. The van der Waals surface area contributed by atoms with Gasteiger partial charge in [0.15, 0.2) is 6.10 Å². The Kier molecular flexibility index (Phi) is 47.7. The summed E-state index contributed by atoms with van der Waals surface area (Å²) in [5.74, 6) is -0.839. The summed E-state index contributed by atoms with van der Waals surface area (Å²) in [6.45, 7) is 6.68. The summed E-state index contributed by atoms with van der Waals surface area (Å²) >= 11 is 0. The zero-order valence-corrected chi connectivity index (χ0v) is 40.1. The quantitative estimate of drug-likeness (QED) is 0.0345. The number of unbranched alkanes of at least 4 members (excludes halogenated alkanes) is 38. The summed E-state index contributed by atoms with van der Waals surface area (Å²) in [4.78, 5) is 37.9. The molecule has 0 fully saturated rings. The molecule has 0 bridgehead atoms. The van der Waals surface area contributed by atoms with E-state index in [1.54, 1.807) is 0 Å². The smallest absolute Gasteiger partial charge is 0.306 e. The van der Waals surface area contributed by atoms with Gasteiger partial charge in [0.25, 0.3) is 0 Å². The standard InChI is InChI=1S/C53H102O6/c1-4-7-10-13-16-19-22-25-27-29-31-34-37-40-43-46-52(55)58-49-50(48-57-51(54)45-42-39-36-33-30-24-21-18-15-12-9-6-3)59-53(56)47-44-41-38-35-32-28-26-23-20-17-14-11-8-5-2/h50H,4-49H2,1-3H3/t50-/m1/s1. The molecule has 0 unspecified atom stereocenters. The lowest BCUT2D eigenvalue weighted by Gasteiger charge is -2.18. The molecule has 0 aliphatic rings. The van der Waals surface area contributed by atoms with E-state index in [-0.39, 0.29) is 31.1 Å². The molecule has 6 heteroatoms. The summed E-state index contributed by atoms with van der Waals surface area (Å²) in [5.41, 5.74) is 0. The Hall–Kier alpha value is -1.59. The van der Waals surface area contributed by atoms with Gasteiger partial charge in [-0.15, -0.1) is 0 Å². The highest BCUT2D eigenvalue weighted by Crippen LogP contribution is 2.17. The fourth-order valence-corrected chi connectivity index (χ4v) is 8.09. The predicted octanol–water partition coefficient (Wildman–Crippen LogP) is 17.2. The van der Waals surface area contributed by atoms with Gasteiger partial charge in [0.2, 0.25) is 0 Å². The molecule has 0 heterocycles. The Morgan fingerprint density at radius 3 is 0.678 bits per heavy atom. The van der Waals surface area contributed by atoms with Crippen LogP contribution in [0.2, 0.25) is 0 Å². The van der Waals surface area contributed by atoms with Gasteiger partial charge in [0.1, 0.15) is 13.2 Å². The average molecular weight is 835 g/mol. The van der Waals surface area contributed by atoms with Crippen LogP contribution in [0.4, 0.5) is 0 Å². The molecular formula is C53H102O6. The van der Waals surface area contributed by atoms with Crippen molar-refractivity contribution in [2.75, 3.05) is 13.2 Å². The zero-order chi connectivity index (χ0) is 43.0. The van der Waals surface area contributed by atoms with Gasteiger partial charge in [-0.25, -0.2) is 0 Å². The van der Waals surface area contributed by atoms with Crippen LogP contribution >= 0.6 is 0 Å². The molecule has 0 aromatic rings. The van der Waals surface area contributed by atoms with Crippen LogP contribution in [0.1, 0.15) is 303 Å². The first-order chi connectivity index (χ1) is 29.0. The van der Waals surface area contributed by atoms with Gasteiger partial charge in [-0.05, 0) is 19.3 Å². The normalized spacial score (nSPS) is 11.8. The van der Waals surface area contributed by atoms with Crippen molar-refractivity contribution in [1.29, 1.82) is 0 Å². The number of hydrogen-bond acceptors (Lipinski definition) is 6. The van der Waals surface area contributed by atoms with Crippen LogP contribution in [0.15, 0.2) is 0 Å². The summed E-state index contributed by atoms with van der Waals surface area (Å²) in [6, 6.07) is 0. The van der Waals surface area contributed by atoms with Crippen LogP contribution in [0.25, 0.3) is 0 Å². The minimum atomic E-state index is -0.759. The summed E-state index contributed by atoms with van der Waals surface area (Å²) in [5, 5.41) is 0. The molecule has 0 N–H and O–H groups in total. The van der Waals surface area contributed by atoms with E-state index in [0.29, 0.717) is 19.3 Å². The van der Waals surface area contributed by atoms with Gasteiger partial charge >= 0.3 is 17.9 Å². The number of ether oxygens (including phenoxy) is 3. The number of rotatable bonds is 49. The van der Waals surface area contributed by atoms with Crippen LogP contribution in [-0.4, -0.2) is 37.2 Å². The second-order valence-corrected chi connectivity index (χ2v) is 18.2. The molecule has 6 nitrogen and oxygen atoms in total. The van der Waals surface area contributed by atoms with Gasteiger partial charge < -0.3 is 14.2 Å². The van der Waals surface area contributed by atoms with E-state index in [9.17, 15) is 14.4 Å². The molecule has 350 valence electrons. The minimum Gasteiger partial charge on any atom is -0.462 e. The first-order valence-corrected chi connectivity index (χ1v) is 26.5. The lowest BCUT2D eigenvalue weighted by atomic mass is 10.0. The zero-order valence-electron chi connectivity index (χ0n) is 40.1. The van der Waals surface area contributed by atoms with Crippen molar-refractivity contribution in [3.05, 3.63) is 0 Å². The Morgan fingerprint density at radius 1 is 0.271 bits per heavy atom. The first-order valence-electron chi connectivity index (χ1n) is 26.5. The first kappa shape index (κ1) is 57.4. The van der Waals surface area contributed by atoms with E-state index in [1.807, 2.05) is 0 Å². The lowest BCUT2D eigenvalue weighted by molar-refractivity contribution is -0.167. The van der Waals surface area contributed by atoms with Crippen LogP contribution in [0.5, 0.6) is 0 Å². The number of carbonyl (C=O) groups excluding carboxylic acids is 3. The Bertz CT molecular complexity index is 874. The molecule has 59 heavy (non-hydrogen) atoms. The van der Waals surface area contributed by atoms with Crippen LogP contribution in [0.3, 0.4) is 0 Å². The molecule has 0 rings (SSSR count). The van der Waals surface area contributed by atoms with Gasteiger partial charge in [0, 0.05) is 19.3 Å². The van der Waals surface area contributed by atoms with E-state index in [4.69, 9.17) is 14.2 Å². The topological polar surface area (TPSA) is 78.9 Å². The Morgan fingerprint density at radius 2 is 0.458 bits per heavy atom. The number of esters is 3. The van der Waals surface area contributed by atoms with Crippen LogP contribution in [-0.2, 0) is 28.6 Å². The molecule has 0 saturated carbocycles. The van der Waals surface area contributed by atoms with Gasteiger partial charge in [0.05, 0.1) is 0 Å². The maximum atomic E-state index is 12.8. The highest BCUT2D eigenvalue weighted by Gasteiger charge is 2.19. The Labute approximate surface area is 368 Å². The average Bonchev–Trinajstić information content (AvgIpc) is 3.23. The molecule has 0 radical (unpaired) electrons. The van der Waals surface area contributed by atoms with E-state index >= 15 is 0 Å². The maximum absolute atomic E-state index is 12.8.